The first-order chi connectivity index (χ1) is 8.66. The van der Waals surface area contributed by atoms with Crippen LogP contribution in [-0.4, -0.2) is 24.4 Å². The monoisotopic (exact) mass is 249 g/mol. The first-order valence-electron chi connectivity index (χ1n) is 6.65. The van der Waals surface area contributed by atoms with E-state index in [0.717, 1.165) is 19.3 Å². The van der Waals surface area contributed by atoms with Gasteiger partial charge in [0.1, 0.15) is 5.41 Å². The van der Waals surface area contributed by atoms with E-state index in [4.69, 9.17) is 5.26 Å². The summed E-state index contributed by atoms with van der Waals surface area (Å²) in [5.74, 6) is -0.107. The van der Waals surface area contributed by atoms with Crippen LogP contribution in [0.15, 0.2) is 0 Å². The third kappa shape index (κ3) is 3.00. The molecule has 0 aromatic heterocycles. The van der Waals surface area contributed by atoms with Gasteiger partial charge in [0.25, 0.3) is 0 Å². The summed E-state index contributed by atoms with van der Waals surface area (Å²) in [6.07, 6.45) is 5.53. The topological polar surface area (TPSA) is 82.0 Å². The molecule has 5 heteroatoms. The quantitative estimate of drug-likeness (QED) is 0.685. The van der Waals surface area contributed by atoms with Gasteiger partial charge in [-0.2, -0.15) is 5.26 Å². The zero-order chi connectivity index (χ0) is 13.0. The Hall–Kier alpha value is -1.57. The molecule has 0 aromatic carbocycles. The molecule has 0 radical (unpaired) electrons. The van der Waals surface area contributed by atoms with Crippen molar-refractivity contribution in [3.05, 3.63) is 0 Å². The standard InChI is InChI=1S/C13H19N3O2/c14-9-13(6-2-7-13)12(18)15-8-1-3-11(17)16-10-4-5-10/h10H,1-8H2,(H,15,18)(H,16,17). The number of rotatable bonds is 6. The summed E-state index contributed by atoms with van der Waals surface area (Å²) in [7, 11) is 0. The third-order valence-corrected chi connectivity index (χ3v) is 3.66. The fourth-order valence-electron chi connectivity index (χ4n) is 2.07. The number of carbonyl (C=O) groups excluding carboxylic acids is 2. The molecule has 2 rings (SSSR count). The van der Waals surface area contributed by atoms with E-state index in [-0.39, 0.29) is 11.8 Å². The van der Waals surface area contributed by atoms with Crippen LogP contribution in [0.3, 0.4) is 0 Å². The van der Waals surface area contributed by atoms with Gasteiger partial charge in [0.15, 0.2) is 0 Å². The van der Waals surface area contributed by atoms with Gasteiger partial charge in [-0.05, 0) is 38.5 Å². The Labute approximate surface area is 107 Å². The van der Waals surface area contributed by atoms with Crippen molar-refractivity contribution in [1.29, 1.82) is 5.26 Å². The highest BCUT2D eigenvalue weighted by Gasteiger charge is 2.44. The molecule has 0 saturated heterocycles. The van der Waals surface area contributed by atoms with E-state index < -0.39 is 5.41 Å². The number of carbonyl (C=O) groups is 2. The smallest absolute Gasteiger partial charge is 0.240 e. The molecule has 0 bridgehead atoms. The van der Waals surface area contributed by atoms with Crippen LogP contribution in [0.5, 0.6) is 0 Å². The van der Waals surface area contributed by atoms with Gasteiger partial charge in [-0.25, -0.2) is 0 Å². The molecule has 0 unspecified atom stereocenters. The first-order valence-corrected chi connectivity index (χ1v) is 6.65. The lowest BCUT2D eigenvalue weighted by Crippen LogP contribution is -2.45. The van der Waals surface area contributed by atoms with Crippen LogP contribution < -0.4 is 10.6 Å². The summed E-state index contributed by atoms with van der Waals surface area (Å²) in [5.41, 5.74) is -0.781. The molecule has 2 aliphatic carbocycles. The molecule has 0 aliphatic heterocycles. The van der Waals surface area contributed by atoms with Crippen LogP contribution in [0.1, 0.15) is 44.9 Å². The maximum absolute atomic E-state index is 11.8. The van der Waals surface area contributed by atoms with Crippen molar-refractivity contribution in [2.75, 3.05) is 6.54 Å². The summed E-state index contributed by atoms with van der Waals surface area (Å²) in [4.78, 5) is 23.2. The SMILES string of the molecule is N#CC1(C(=O)NCCCC(=O)NC2CC2)CCC1. The number of hydrogen-bond acceptors (Lipinski definition) is 3. The van der Waals surface area contributed by atoms with E-state index in [1.54, 1.807) is 0 Å². The molecular formula is C13H19N3O2. The maximum Gasteiger partial charge on any atom is 0.240 e. The van der Waals surface area contributed by atoms with Crippen LogP contribution >= 0.6 is 0 Å². The van der Waals surface area contributed by atoms with Crippen molar-refractivity contribution >= 4 is 11.8 Å². The molecule has 5 nitrogen and oxygen atoms in total. The number of nitrogens with zero attached hydrogens (tertiary/aromatic N) is 1. The maximum atomic E-state index is 11.8. The predicted molar refractivity (Wildman–Crippen MR) is 65.3 cm³/mol. The zero-order valence-electron chi connectivity index (χ0n) is 10.5. The van der Waals surface area contributed by atoms with E-state index in [1.807, 2.05) is 0 Å². The van der Waals surface area contributed by atoms with E-state index in [0.29, 0.717) is 38.3 Å². The molecule has 98 valence electrons. The van der Waals surface area contributed by atoms with Crippen molar-refractivity contribution in [3.8, 4) is 6.07 Å². The van der Waals surface area contributed by atoms with Crippen LogP contribution in [0.2, 0.25) is 0 Å². The highest BCUT2D eigenvalue weighted by atomic mass is 16.2. The number of nitrogens with one attached hydrogen (secondary N) is 2. The molecule has 2 saturated carbocycles. The number of amides is 2. The lowest BCUT2D eigenvalue weighted by molar-refractivity contribution is -0.132. The van der Waals surface area contributed by atoms with Crippen molar-refractivity contribution in [2.45, 2.75) is 51.0 Å². The minimum absolute atomic E-state index is 0.0605. The highest BCUT2D eigenvalue weighted by Crippen LogP contribution is 2.40. The predicted octanol–water partition coefficient (Wildman–Crippen LogP) is 0.855. The summed E-state index contributed by atoms with van der Waals surface area (Å²) in [6, 6.07) is 2.50. The zero-order valence-corrected chi connectivity index (χ0v) is 10.5. The van der Waals surface area contributed by atoms with Crippen LogP contribution in [0.4, 0.5) is 0 Å². The Balaban J connectivity index is 1.58. The molecule has 0 aromatic rings. The van der Waals surface area contributed by atoms with Crippen molar-refractivity contribution in [2.24, 2.45) is 5.41 Å². The molecule has 0 spiro atoms. The molecule has 0 heterocycles. The van der Waals surface area contributed by atoms with Crippen molar-refractivity contribution in [1.82, 2.24) is 10.6 Å². The summed E-state index contributed by atoms with van der Waals surface area (Å²) < 4.78 is 0. The molecule has 2 aliphatic rings. The Kier molecular flexibility index (Phi) is 3.85. The Morgan fingerprint density at radius 2 is 2.06 bits per heavy atom. The van der Waals surface area contributed by atoms with Gasteiger partial charge in [-0.1, -0.05) is 0 Å². The summed E-state index contributed by atoms with van der Waals surface area (Å²) in [5, 5.41) is 14.6. The molecule has 18 heavy (non-hydrogen) atoms. The van der Waals surface area contributed by atoms with Crippen molar-refractivity contribution in [3.63, 3.8) is 0 Å². The Bertz CT molecular complexity index is 378. The summed E-state index contributed by atoms with van der Waals surface area (Å²) in [6.45, 7) is 0.473. The largest absolute Gasteiger partial charge is 0.355 e. The van der Waals surface area contributed by atoms with E-state index >= 15 is 0 Å². The summed E-state index contributed by atoms with van der Waals surface area (Å²) >= 11 is 0. The van der Waals surface area contributed by atoms with E-state index in [1.165, 1.54) is 0 Å². The molecular weight excluding hydrogens is 230 g/mol. The van der Waals surface area contributed by atoms with Crippen LogP contribution in [-0.2, 0) is 9.59 Å². The van der Waals surface area contributed by atoms with Crippen LogP contribution in [0, 0.1) is 16.7 Å². The van der Waals surface area contributed by atoms with E-state index in [9.17, 15) is 9.59 Å². The average Bonchev–Trinajstić information content (AvgIpc) is 3.07. The second kappa shape index (κ2) is 5.38. The minimum Gasteiger partial charge on any atom is -0.355 e. The second-order valence-electron chi connectivity index (χ2n) is 5.25. The Morgan fingerprint density at radius 1 is 1.33 bits per heavy atom. The fourth-order valence-corrected chi connectivity index (χ4v) is 2.07. The lowest BCUT2D eigenvalue weighted by Gasteiger charge is -2.33. The van der Waals surface area contributed by atoms with Crippen LogP contribution in [0.25, 0.3) is 0 Å². The first kappa shape index (κ1) is 12.9. The molecule has 2 amide bonds. The van der Waals surface area contributed by atoms with Crippen molar-refractivity contribution < 1.29 is 9.59 Å². The van der Waals surface area contributed by atoms with Gasteiger partial charge in [-0.3, -0.25) is 9.59 Å². The fraction of sp³-hybridized carbons (Fsp3) is 0.769. The minimum atomic E-state index is -0.781. The van der Waals surface area contributed by atoms with Gasteiger partial charge in [0, 0.05) is 19.0 Å². The molecule has 2 fully saturated rings. The third-order valence-electron chi connectivity index (χ3n) is 3.66. The normalized spacial score (nSPS) is 20.4. The van der Waals surface area contributed by atoms with Gasteiger partial charge < -0.3 is 10.6 Å². The average molecular weight is 249 g/mol. The van der Waals surface area contributed by atoms with Gasteiger partial charge in [0.05, 0.1) is 6.07 Å². The Morgan fingerprint density at radius 3 is 2.56 bits per heavy atom. The molecule has 0 atom stereocenters. The highest BCUT2D eigenvalue weighted by molar-refractivity contribution is 5.86. The number of nitriles is 1. The van der Waals surface area contributed by atoms with Gasteiger partial charge >= 0.3 is 0 Å². The molecule has 2 N–H and O–H groups in total. The van der Waals surface area contributed by atoms with Gasteiger partial charge in [0.2, 0.25) is 11.8 Å². The van der Waals surface area contributed by atoms with Gasteiger partial charge in [-0.15, -0.1) is 0 Å². The van der Waals surface area contributed by atoms with E-state index in [2.05, 4.69) is 16.7 Å². The number of hydrogen-bond donors (Lipinski definition) is 2. The lowest BCUT2D eigenvalue weighted by atomic mass is 9.69. The second-order valence-corrected chi connectivity index (χ2v) is 5.25.